The molecule has 0 aromatic heterocycles. The molecule has 8 nitrogen and oxygen atoms in total. The van der Waals surface area contributed by atoms with E-state index in [4.69, 9.17) is 4.74 Å². The highest BCUT2D eigenvalue weighted by Gasteiger charge is 2.56. The van der Waals surface area contributed by atoms with Crippen molar-refractivity contribution >= 4 is 35.0 Å². The molecule has 9 heteroatoms. The summed E-state index contributed by atoms with van der Waals surface area (Å²) in [6.45, 7) is 7.87. The van der Waals surface area contributed by atoms with Gasteiger partial charge in [0, 0.05) is 44.0 Å². The summed E-state index contributed by atoms with van der Waals surface area (Å²) in [7, 11) is 0. The molecule has 4 aliphatic rings. The Morgan fingerprint density at radius 3 is 2.42 bits per heavy atom. The molecule has 1 N–H and O–H groups in total. The maximum Gasteiger partial charge on any atom is 0.252 e. The zero-order valence-electron chi connectivity index (χ0n) is 21.4. The van der Waals surface area contributed by atoms with Crippen LogP contribution in [0.1, 0.15) is 49.4 Å². The molecule has 1 aromatic rings. The number of fused-ring (bicyclic) bond motifs is 1. The van der Waals surface area contributed by atoms with E-state index >= 15 is 0 Å². The van der Waals surface area contributed by atoms with Crippen LogP contribution in [0.25, 0.3) is 0 Å². The number of amides is 2. The molecule has 4 fully saturated rings. The first kappa shape index (κ1) is 25.5. The van der Waals surface area contributed by atoms with Crippen molar-refractivity contribution < 1.29 is 19.1 Å². The van der Waals surface area contributed by atoms with E-state index in [-0.39, 0.29) is 35.6 Å². The molecule has 36 heavy (non-hydrogen) atoms. The molecule has 2 amide bonds. The fourth-order valence-corrected chi connectivity index (χ4v) is 7.09. The highest BCUT2D eigenvalue weighted by Crippen LogP contribution is 2.38. The number of hydrogen-bond donors (Lipinski definition) is 1. The maximum absolute atomic E-state index is 14.0. The minimum absolute atomic E-state index is 0.0301. The van der Waals surface area contributed by atoms with Crippen LogP contribution in [0.2, 0.25) is 0 Å². The van der Waals surface area contributed by atoms with Gasteiger partial charge >= 0.3 is 0 Å². The first-order valence-corrected chi connectivity index (χ1v) is 14.6. The molecule has 0 spiro atoms. The average molecular weight is 515 g/mol. The molecule has 1 aromatic carbocycles. The molecule has 3 atom stereocenters. The molecule has 3 aliphatic heterocycles. The van der Waals surface area contributed by atoms with Crippen LogP contribution >= 0.6 is 11.8 Å². The van der Waals surface area contributed by atoms with Crippen LogP contribution in [0.15, 0.2) is 24.3 Å². The molecule has 1 saturated carbocycles. The van der Waals surface area contributed by atoms with Crippen molar-refractivity contribution in [3.05, 3.63) is 29.8 Å². The zero-order chi connectivity index (χ0) is 25.3. The van der Waals surface area contributed by atoms with Crippen LogP contribution in [0.4, 0.5) is 5.69 Å². The van der Waals surface area contributed by atoms with Gasteiger partial charge < -0.3 is 24.8 Å². The summed E-state index contributed by atoms with van der Waals surface area (Å²) >= 11 is 1.64. The Balaban J connectivity index is 1.31. The van der Waals surface area contributed by atoms with Gasteiger partial charge in [-0.25, -0.2) is 0 Å². The predicted octanol–water partition coefficient (Wildman–Crippen LogP) is 2.17. The Hall–Kier alpha value is -2.10. The van der Waals surface area contributed by atoms with E-state index in [0.717, 1.165) is 57.7 Å². The van der Waals surface area contributed by atoms with E-state index in [1.807, 2.05) is 30.5 Å². The van der Waals surface area contributed by atoms with Gasteiger partial charge in [0.2, 0.25) is 5.91 Å². The fourth-order valence-electron chi connectivity index (χ4n) is 6.29. The van der Waals surface area contributed by atoms with E-state index in [2.05, 4.69) is 22.0 Å². The Labute approximate surface area is 218 Å². The monoisotopic (exact) mass is 514 g/mol. The molecule has 3 saturated heterocycles. The minimum Gasteiger partial charge on any atom is -0.369 e. The first-order valence-electron chi connectivity index (χ1n) is 13.3. The summed E-state index contributed by atoms with van der Waals surface area (Å²) < 4.78 is 5.76. The average Bonchev–Trinajstić information content (AvgIpc) is 3.49. The number of Topliss-reactive ketones (excluding diaryl/α,β-unsaturated/α-hetero) is 1. The molecule has 0 unspecified atom stereocenters. The highest BCUT2D eigenvalue weighted by atomic mass is 32.2. The Bertz CT molecular complexity index is 972. The van der Waals surface area contributed by atoms with Gasteiger partial charge in [-0.15, -0.1) is 0 Å². The summed E-state index contributed by atoms with van der Waals surface area (Å²) in [5.74, 6) is -0.373. The van der Waals surface area contributed by atoms with E-state index in [9.17, 15) is 14.4 Å². The molecular formula is C27H38N4O4S. The lowest BCUT2D eigenvalue weighted by molar-refractivity contribution is -0.143. The van der Waals surface area contributed by atoms with Gasteiger partial charge in [-0.05, 0) is 49.9 Å². The number of rotatable bonds is 6. The summed E-state index contributed by atoms with van der Waals surface area (Å²) in [5.41, 5.74) is 0.715. The van der Waals surface area contributed by atoms with Gasteiger partial charge in [-0.1, -0.05) is 26.2 Å². The Morgan fingerprint density at radius 1 is 1.08 bits per heavy atom. The SMILES string of the molecule is CCN1CCN(c2ccc(C(=O)NC3(C(=O)N4C[C@H](SC)[C@H]5OCC(=O)[C@H]54)CCCCC3)cc2)CC1. The number of anilines is 1. The highest BCUT2D eigenvalue weighted by molar-refractivity contribution is 7.99. The van der Waals surface area contributed by atoms with Crippen LogP contribution in [-0.2, 0) is 14.3 Å². The Morgan fingerprint density at radius 2 is 1.78 bits per heavy atom. The van der Waals surface area contributed by atoms with Gasteiger partial charge in [-0.3, -0.25) is 14.4 Å². The van der Waals surface area contributed by atoms with E-state index in [0.29, 0.717) is 24.9 Å². The lowest BCUT2D eigenvalue weighted by atomic mass is 9.80. The summed E-state index contributed by atoms with van der Waals surface area (Å²) in [6, 6.07) is 7.21. The molecule has 5 rings (SSSR count). The quantitative estimate of drug-likeness (QED) is 0.623. The van der Waals surface area contributed by atoms with Crippen molar-refractivity contribution in [1.82, 2.24) is 15.1 Å². The number of ether oxygens (including phenoxy) is 1. The molecular weight excluding hydrogens is 476 g/mol. The van der Waals surface area contributed by atoms with Crippen LogP contribution in [0, 0.1) is 0 Å². The molecule has 1 aliphatic carbocycles. The summed E-state index contributed by atoms with van der Waals surface area (Å²) in [5, 5.41) is 3.23. The second kappa shape index (κ2) is 10.7. The van der Waals surface area contributed by atoms with Gasteiger partial charge in [0.05, 0.1) is 11.4 Å². The number of carbonyl (C=O) groups is 3. The molecule has 196 valence electrons. The van der Waals surface area contributed by atoms with E-state index in [1.165, 1.54) is 0 Å². The molecule has 0 bridgehead atoms. The van der Waals surface area contributed by atoms with Gasteiger partial charge in [-0.2, -0.15) is 11.8 Å². The zero-order valence-corrected chi connectivity index (χ0v) is 22.2. The number of thioether (sulfide) groups is 1. The minimum atomic E-state index is -0.967. The van der Waals surface area contributed by atoms with Crippen LogP contribution < -0.4 is 10.2 Å². The largest absolute Gasteiger partial charge is 0.369 e. The number of nitrogens with zero attached hydrogens (tertiary/aromatic N) is 3. The molecule has 0 radical (unpaired) electrons. The normalized spacial score (nSPS) is 28.3. The molecule has 3 heterocycles. The smallest absolute Gasteiger partial charge is 0.252 e. The number of ketones is 1. The van der Waals surface area contributed by atoms with Crippen LogP contribution in [0.3, 0.4) is 0 Å². The van der Waals surface area contributed by atoms with E-state index < -0.39 is 11.6 Å². The third kappa shape index (κ3) is 4.77. The van der Waals surface area contributed by atoms with Crippen molar-refractivity contribution in [1.29, 1.82) is 0 Å². The fraction of sp³-hybridized carbons (Fsp3) is 0.667. The third-order valence-corrected chi connectivity index (χ3v) is 9.51. The number of benzene rings is 1. The van der Waals surface area contributed by atoms with E-state index in [1.54, 1.807) is 16.7 Å². The second-order valence-electron chi connectivity index (χ2n) is 10.5. The number of likely N-dealkylation sites (tertiary alicyclic amines) is 1. The van der Waals surface area contributed by atoms with Gasteiger partial charge in [0.25, 0.3) is 5.91 Å². The summed E-state index contributed by atoms with van der Waals surface area (Å²) in [6.07, 6.45) is 5.76. The lowest BCUT2D eigenvalue weighted by Gasteiger charge is -2.40. The number of nitrogens with one attached hydrogen (secondary N) is 1. The van der Waals surface area contributed by atoms with Crippen molar-refractivity contribution in [3.8, 4) is 0 Å². The van der Waals surface area contributed by atoms with Crippen molar-refractivity contribution in [3.63, 3.8) is 0 Å². The van der Waals surface area contributed by atoms with Crippen molar-refractivity contribution in [2.24, 2.45) is 0 Å². The maximum atomic E-state index is 14.0. The van der Waals surface area contributed by atoms with Crippen molar-refractivity contribution in [2.45, 2.75) is 62.0 Å². The van der Waals surface area contributed by atoms with Gasteiger partial charge in [0.15, 0.2) is 5.78 Å². The second-order valence-corrected chi connectivity index (χ2v) is 11.6. The number of likely N-dealkylation sites (N-methyl/N-ethyl adjacent to an activating group) is 1. The Kier molecular flexibility index (Phi) is 7.60. The van der Waals surface area contributed by atoms with Crippen LogP contribution in [-0.4, -0.2) is 102 Å². The lowest BCUT2D eigenvalue weighted by Crippen LogP contribution is -2.62. The number of piperazine rings is 1. The third-order valence-electron chi connectivity index (χ3n) is 8.49. The number of hydrogen-bond acceptors (Lipinski definition) is 7. The van der Waals surface area contributed by atoms with Crippen LogP contribution in [0.5, 0.6) is 0 Å². The first-order chi connectivity index (χ1) is 17.5. The summed E-state index contributed by atoms with van der Waals surface area (Å²) in [4.78, 5) is 46.6. The number of carbonyl (C=O) groups excluding carboxylic acids is 3. The topological polar surface area (TPSA) is 82.2 Å². The van der Waals surface area contributed by atoms with Crippen molar-refractivity contribution in [2.75, 3.05) is 57.0 Å². The standard InChI is InChI=1S/C27H38N4O4S/c1-3-29-13-15-30(16-14-29)20-9-7-19(8-10-20)25(33)28-27(11-5-4-6-12-27)26(34)31-17-22(36-2)24-23(31)21(32)18-35-24/h7-10,22-24H,3-6,11-18H2,1-2H3,(H,28,33)/t22-,23+,24+/m0/s1. The predicted molar refractivity (Wildman–Crippen MR) is 142 cm³/mol. The van der Waals surface area contributed by atoms with Gasteiger partial charge in [0.1, 0.15) is 18.2 Å².